The average Bonchev–Trinajstić information content (AvgIpc) is 2.82. The van der Waals surface area contributed by atoms with Crippen LogP contribution in [0.3, 0.4) is 0 Å². The van der Waals surface area contributed by atoms with E-state index in [0.29, 0.717) is 12.1 Å². The first-order valence-corrected chi connectivity index (χ1v) is 5.97. The Balaban J connectivity index is 2.27. The van der Waals surface area contributed by atoms with Gasteiger partial charge < -0.3 is 5.32 Å². The number of rotatable bonds is 3. The van der Waals surface area contributed by atoms with E-state index in [1.54, 1.807) is 0 Å². The number of carbonyl (C=O) groups excluding carboxylic acids is 1. The van der Waals surface area contributed by atoms with Gasteiger partial charge in [0.1, 0.15) is 22.2 Å². The molecule has 7 heteroatoms. The van der Waals surface area contributed by atoms with Gasteiger partial charge in [-0.05, 0) is 30.1 Å². The highest BCUT2D eigenvalue weighted by molar-refractivity contribution is 7.08. The summed E-state index contributed by atoms with van der Waals surface area (Å²) in [5, 5.41) is 5.96. The Morgan fingerprint density at radius 2 is 2.06 bits per heavy atom. The lowest BCUT2D eigenvalue weighted by molar-refractivity contribution is 0.102. The van der Waals surface area contributed by atoms with Crippen LogP contribution in [-0.4, -0.2) is 15.5 Å². The van der Waals surface area contributed by atoms with Crippen LogP contribution in [0.4, 0.5) is 14.5 Å². The largest absolute Gasteiger partial charge is 0.316 e. The number of aryl methyl sites for hydroxylation is 1. The molecule has 2 aromatic rings. The zero-order chi connectivity index (χ0) is 13.1. The molecule has 2 rings (SSSR count). The van der Waals surface area contributed by atoms with Crippen molar-refractivity contribution in [1.29, 1.82) is 0 Å². The van der Waals surface area contributed by atoms with Crippen molar-refractivity contribution in [3.8, 4) is 0 Å². The highest BCUT2D eigenvalue weighted by Gasteiger charge is 2.18. The maximum Gasteiger partial charge on any atom is 0.269 e. The lowest BCUT2D eigenvalue weighted by atomic mass is 10.2. The van der Waals surface area contributed by atoms with Gasteiger partial charge in [0.2, 0.25) is 0 Å². The van der Waals surface area contributed by atoms with Crippen molar-refractivity contribution >= 4 is 23.1 Å². The van der Waals surface area contributed by atoms with Crippen molar-refractivity contribution in [2.24, 2.45) is 0 Å². The number of carbonyl (C=O) groups is 1. The molecule has 4 nitrogen and oxygen atoms in total. The first-order chi connectivity index (χ1) is 8.63. The molecule has 0 aliphatic carbocycles. The molecule has 1 N–H and O–H groups in total. The third-order valence-electron chi connectivity index (χ3n) is 2.30. The quantitative estimate of drug-likeness (QED) is 0.932. The Morgan fingerprint density at radius 1 is 1.39 bits per heavy atom. The predicted molar refractivity (Wildman–Crippen MR) is 63.6 cm³/mol. The van der Waals surface area contributed by atoms with Crippen molar-refractivity contribution in [2.75, 3.05) is 5.32 Å². The number of anilines is 1. The summed E-state index contributed by atoms with van der Waals surface area (Å²) < 4.78 is 30.3. The summed E-state index contributed by atoms with van der Waals surface area (Å²) >= 11 is 0.895. The minimum atomic E-state index is -0.820. The van der Waals surface area contributed by atoms with E-state index in [0.717, 1.165) is 23.7 Å². The molecule has 0 aliphatic heterocycles. The van der Waals surface area contributed by atoms with Gasteiger partial charge in [0.25, 0.3) is 5.91 Å². The second-order valence-corrected chi connectivity index (χ2v) is 4.21. The van der Waals surface area contributed by atoms with Gasteiger partial charge in [0.05, 0.1) is 5.69 Å². The minimum Gasteiger partial charge on any atom is -0.316 e. The van der Waals surface area contributed by atoms with Gasteiger partial charge >= 0.3 is 0 Å². The predicted octanol–water partition coefficient (Wildman–Crippen LogP) is 2.63. The summed E-state index contributed by atoms with van der Waals surface area (Å²) in [6, 6.07) is 3.38. The minimum absolute atomic E-state index is 0.264. The van der Waals surface area contributed by atoms with Crippen LogP contribution < -0.4 is 5.32 Å². The van der Waals surface area contributed by atoms with Crippen LogP contribution in [0, 0.1) is 11.6 Å². The molecule has 94 valence electrons. The van der Waals surface area contributed by atoms with Crippen LogP contribution in [0.5, 0.6) is 0 Å². The lowest BCUT2D eigenvalue weighted by Crippen LogP contribution is -2.14. The number of halogens is 2. The van der Waals surface area contributed by atoms with Crippen LogP contribution in [0.2, 0.25) is 0 Å². The van der Waals surface area contributed by atoms with Gasteiger partial charge in [0, 0.05) is 0 Å². The number of amides is 1. The SMILES string of the molecule is CCc1nnsc1C(=O)Nc1c(F)cccc1F. The number of nitrogens with one attached hydrogen (secondary N) is 1. The Kier molecular flexibility index (Phi) is 3.61. The lowest BCUT2D eigenvalue weighted by Gasteiger charge is -2.06. The molecule has 1 amide bonds. The molecule has 0 aliphatic rings. The van der Waals surface area contributed by atoms with E-state index in [9.17, 15) is 13.6 Å². The number of para-hydroxylation sites is 1. The fourth-order valence-corrected chi connectivity index (χ4v) is 2.05. The third kappa shape index (κ3) is 2.35. The van der Waals surface area contributed by atoms with E-state index in [4.69, 9.17) is 0 Å². The van der Waals surface area contributed by atoms with Gasteiger partial charge in [-0.1, -0.05) is 17.5 Å². The highest BCUT2D eigenvalue weighted by atomic mass is 32.1. The van der Waals surface area contributed by atoms with Crippen molar-refractivity contribution in [1.82, 2.24) is 9.59 Å². The fraction of sp³-hybridized carbons (Fsp3) is 0.182. The van der Waals surface area contributed by atoms with Crippen molar-refractivity contribution in [2.45, 2.75) is 13.3 Å². The Hall–Kier alpha value is -1.89. The standard InChI is InChI=1S/C11H9F2N3OS/c1-2-8-10(18-16-15-8)11(17)14-9-6(12)4-3-5-7(9)13/h3-5H,2H2,1H3,(H,14,17). The summed E-state index contributed by atoms with van der Waals surface area (Å²) in [5.74, 6) is -2.25. The van der Waals surface area contributed by atoms with Gasteiger partial charge in [-0.2, -0.15) is 0 Å². The molecule has 1 aromatic carbocycles. The van der Waals surface area contributed by atoms with E-state index in [2.05, 4.69) is 14.9 Å². The third-order valence-corrected chi connectivity index (χ3v) is 3.07. The number of hydrogen-bond donors (Lipinski definition) is 1. The molecule has 0 spiro atoms. The van der Waals surface area contributed by atoms with Crippen molar-refractivity contribution in [3.05, 3.63) is 40.4 Å². The number of aromatic nitrogens is 2. The average molecular weight is 269 g/mol. The molecule has 0 saturated heterocycles. The number of nitrogens with zero attached hydrogens (tertiary/aromatic N) is 2. The van der Waals surface area contributed by atoms with Crippen LogP contribution in [-0.2, 0) is 6.42 Å². The molecule has 0 unspecified atom stereocenters. The van der Waals surface area contributed by atoms with Gasteiger partial charge in [0.15, 0.2) is 0 Å². The second kappa shape index (κ2) is 5.18. The summed E-state index contributed by atoms with van der Waals surface area (Å²) in [5.41, 5.74) is 0.0483. The molecule has 1 heterocycles. The zero-order valence-electron chi connectivity index (χ0n) is 9.41. The van der Waals surface area contributed by atoms with E-state index in [-0.39, 0.29) is 4.88 Å². The van der Waals surface area contributed by atoms with E-state index >= 15 is 0 Å². The van der Waals surface area contributed by atoms with Crippen LogP contribution in [0.1, 0.15) is 22.3 Å². The topological polar surface area (TPSA) is 54.9 Å². The Morgan fingerprint density at radius 3 is 2.67 bits per heavy atom. The normalized spacial score (nSPS) is 10.4. The molecular weight excluding hydrogens is 260 g/mol. The Bertz CT molecular complexity index is 565. The van der Waals surface area contributed by atoms with Gasteiger partial charge in [-0.25, -0.2) is 8.78 Å². The summed E-state index contributed by atoms with van der Waals surface area (Å²) in [6.07, 6.45) is 0.527. The molecular formula is C11H9F2N3OS. The first kappa shape index (κ1) is 12.6. The maximum atomic E-state index is 13.4. The van der Waals surface area contributed by atoms with E-state index in [1.807, 2.05) is 6.92 Å². The summed E-state index contributed by atoms with van der Waals surface area (Å²) in [7, 11) is 0. The molecule has 18 heavy (non-hydrogen) atoms. The Labute approximate surface area is 106 Å². The second-order valence-electron chi connectivity index (χ2n) is 3.45. The smallest absolute Gasteiger partial charge is 0.269 e. The molecule has 0 saturated carbocycles. The van der Waals surface area contributed by atoms with E-state index < -0.39 is 23.2 Å². The molecule has 1 aromatic heterocycles. The summed E-state index contributed by atoms with van der Waals surface area (Å²) in [6.45, 7) is 1.82. The molecule has 0 fully saturated rings. The number of benzene rings is 1. The van der Waals surface area contributed by atoms with Crippen LogP contribution in [0.15, 0.2) is 18.2 Å². The molecule has 0 atom stereocenters. The maximum absolute atomic E-state index is 13.4. The monoisotopic (exact) mass is 269 g/mol. The van der Waals surface area contributed by atoms with Gasteiger partial charge in [-0.15, -0.1) is 5.10 Å². The van der Waals surface area contributed by atoms with Crippen LogP contribution in [0.25, 0.3) is 0 Å². The summed E-state index contributed by atoms with van der Waals surface area (Å²) in [4.78, 5) is 12.1. The zero-order valence-corrected chi connectivity index (χ0v) is 10.2. The molecule has 0 radical (unpaired) electrons. The first-order valence-electron chi connectivity index (χ1n) is 5.20. The number of hydrogen-bond acceptors (Lipinski definition) is 4. The van der Waals surface area contributed by atoms with Gasteiger partial charge in [-0.3, -0.25) is 4.79 Å². The molecule has 0 bridgehead atoms. The van der Waals surface area contributed by atoms with Crippen molar-refractivity contribution < 1.29 is 13.6 Å². The highest BCUT2D eigenvalue weighted by Crippen LogP contribution is 2.20. The fourth-order valence-electron chi connectivity index (χ4n) is 1.40. The van der Waals surface area contributed by atoms with Crippen molar-refractivity contribution in [3.63, 3.8) is 0 Å². The van der Waals surface area contributed by atoms with E-state index in [1.165, 1.54) is 6.07 Å². The van der Waals surface area contributed by atoms with Crippen LogP contribution >= 0.6 is 11.5 Å².